The number of aryl methyl sites for hydroxylation is 1. The zero-order chi connectivity index (χ0) is 25.2. The molecule has 0 unspecified atom stereocenters. The Labute approximate surface area is 205 Å². The fraction of sp³-hybridized carbons (Fsp3) is 0.462. The monoisotopic (exact) mass is 483 g/mol. The van der Waals surface area contributed by atoms with Crippen LogP contribution in [-0.2, 0) is 19.1 Å². The maximum atomic E-state index is 13.6. The van der Waals surface area contributed by atoms with Gasteiger partial charge in [-0.15, -0.1) is 0 Å². The first-order valence-corrected chi connectivity index (χ1v) is 12.0. The van der Waals surface area contributed by atoms with Gasteiger partial charge in [0, 0.05) is 6.04 Å². The third-order valence-electron chi connectivity index (χ3n) is 6.06. The number of ether oxygens (including phenoxy) is 1. The van der Waals surface area contributed by atoms with Gasteiger partial charge in [0.15, 0.2) is 5.76 Å². The Bertz CT molecular complexity index is 1010. The summed E-state index contributed by atoms with van der Waals surface area (Å²) in [4.78, 5) is 52.9. The van der Waals surface area contributed by atoms with Crippen LogP contribution in [-0.4, -0.2) is 54.3 Å². The molecule has 35 heavy (non-hydrogen) atoms. The topological polar surface area (TPSA) is 118 Å². The van der Waals surface area contributed by atoms with Crippen molar-refractivity contribution in [1.29, 1.82) is 0 Å². The first-order chi connectivity index (χ1) is 16.9. The van der Waals surface area contributed by atoms with Crippen molar-refractivity contribution in [2.75, 3.05) is 19.7 Å². The number of hydrogen-bond donors (Lipinski definition) is 2. The van der Waals surface area contributed by atoms with Crippen molar-refractivity contribution < 1.29 is 28.3 Å². The molecule has 0 saturated heterocycles. The van der Waals surface area contributed by atoms with E-state index in [2.05, 4.69) is 10.6 Å². The number of nitrogens with one attached hydrogen (secondary N) is 2. The normalized spacial score (nSPS) is 14.6. The highest BCUT2D eigenvalue weighted by Crippen LogP contribution is 2.26. The smallest absolute Gasteiger partial charge is 0.325 e. The maximum absolute atomic E-state index is 13.6. The van der Waals surface area contributed by atoms with Crippen molar-refractivity contribution in [3.05, 3.63) is 59.5 Å². The summed E-state index contributed by atoms with van der Waals surface area (Å²) in [5.74, 6) is -2.10. The van der Waals surface area contributed by atoms with Gasteiger partial charge in [-0.3, -0.25) is 19.2 Å². The molecule has 0 radical (unpaired) electrons. The standard InChI is InChI=1S/C26H33N3O6/c1-3-34-23(31)17-29(22(30)16-27-25(32)21-14-9-15-35-21)24(20-13-8-7-10-18(20)2)26(33)28-19-11-5-4-6-12-19/h7-10,13-15,19,24H,3-6,11-12,16-17H2,1-2H3,(H,27,32)(H,28,33)/t24-/m1/s1. The molecule has 9 nitrogen and oxygen atoms in total. The fourth-order valence-electron chi connectivity index (χ4n) is 4.29. The summed E-state index contributed by atoms with van der Waals surface area (Å²) in [5, 5.41) is 5.59. The number of rotatable bonds is 10. The van der Waals surface area contributed by atoms with Gasteiger partial charge in [-0.1, -0.05) is 43.5 Å². The lowest BCUT2D eigenvalue weighted by Gasteiger charge is -2.33. The highest BCUT2D eigenvalue weighted by Gasteiger charge is 2.35. The SMILES string of the molecule is CCOC(=O)CN(C(=O)CNC(=O)c1ccco1)[C@@H](C(=O)NC1CCCCC1)c1ccccc1C. The van der Waals surface area contributed by atoms with Crippen molar-refractivity contribution >= 4 is 23.7 Å². The minimum atomic E-state index is -1.06. The largest absolute Gasteiger partial charge is 0.465 e. The van der Waals surface area contributed by atoms with E-state index in [9.17, 15) is 19.2 Å². The third kappa shape index (κ3) is 7.18. The summed E-state index contributed by atoms with van der Waals surface area (Å²) in [6.45, 7) is 2.81. The molecule has 1 aromatic carbocycles. The van der Waals surface area contributed by atoms with E-state index >= 15 is 0 Å². The van der Waals surface area contributed by atoms with E-state index in [1.165, 1.54) is 17.2 Å². The second-order valence-electron chi connectivity index (χ2n) is 8.59. The number of nitrogens with zero attached hydrogens (tertiary/aromatic N) is 1. The van der Waals surface area contributed by atoms with Crippen LogP contribution < -0.4 is 10.6 Å². The van der Waals surface area contributed by atoms with Crippen LogP contribution in [0.5, 0.6) is 0 Å². The fourth-order valence-corrected chi connectivity index (χ4v) is 4.29. The average molecular weight is 484 g/mol. The summed E-state index contributed by atoms with van der Waals surface area (Å²) < 4.78 is 10.2. The Morgan fingerprint density at radius 1 is 1.09 bits per heavy atom. The average Bonchev–Trinajstić information content (AvgIpc) is 3.39. The van der Waals surface area contributed by atoms with Gasteiger partial charge in [0.05, 0.1) is 19.4 Å². The van der Waals surface area contributed by atoms with Gasteiger partial charge >= 0.3 is 5.97 Å². The van der Waals surface area contributed by atoms with Crippen LogP contribution in [0.2, 0.25) is 0 Å². The molecule has 1 saturated carbocycles. The molecule has 1 fully saturated rings. The molecule has 2 N–H and O–H groups in total. The Morgan fingerprint density at radius 3 is 2.49 bits per heavy atom. The second kappa shape index (κ2) is 12.7. The summed E-state index contributed by atoms with van der Waals surface area (Å²) in [5.41, 5.74) is 1.41. The van der Waals surface area contributed by atoms with E-state index in [0.29, 0.717) is 5.56 Å². The van der Waals surface area contributed by atoms with Gasteiger partial charge < -0.3 is 24.7 Å². The highest BCUT2D eigenvalue weighted by atomic mass is 16.5. The predicted octanol–water partition coefficient (Wildman–Crippen LogP) is 2.90. The molecule has 188 valence electrons. The van der Waals surface area contributed by atoms with Crippen LogP contribution >= 0.6 is 0 Å². The minimum absolute atomic E-state index is 0.0148. The molecule has 3 rings (SSSR count). The van der Waals surface area contributed by atoms with Crippen molar-refractivity contribution in [3.63, 3.8) is 0 Å². The van der Waals surface area contributed by atoms with Crippen LogP contribution in [0.15, 0.2) is 47.1 Å². The molecular formula is C26H33N3O6. The number of esters is 1. The number of hydrogen-bond acceptors (Lipinski definition) is 6. The summed E-state index contributed by atoms with van der Waals surface area (Å²) in [7, 11) is 0. The number of benzene rings is 1. The minimum Gasteiger partial charge on any atom is -0.465 e. The zero-order valence-corrected chi connectivity index (χ0v) is 20.2. The predicted molar refractivity (Wildman–Crippen MR) is 128 cm³/mol. The third-order valence-corrected chi connectivity index (χ3v) is 6.06. The Kier molecular flexibility index (Phi) is 9.46. The van der Waals surface area contributed by atoms with E-state index in [0.717, 1.165) is 37.7 Å². The number of carbonyl (C=O) groups excluding carboxylic acids is 4. The van der Waals surface area contributed by atoms with E-state index < -0.39 is 36.9 Å². The van der Waals surface area contributed by atoms with E-state index in [4.69, 9.17) is 9.15 Å². The van der Waals surface area contributed by atoms with Gasteiger partial charge in [0.25, 0.3) is 5.91 Å². The van der Waals surface area contributed by atoms with Crippen LogP contribution in [0.25, 0.3) is 0 Å². The van der Waals surface area contributed by atoms with Gasteiger partial charge in [0.2, 0.25) is 11.8 Å². The molecule has 0 bridgehead atoms. The molecule has 1 aliphatic carbocycles. The van der Waals surface area contributed by atoms with Crippen LogP contribution in [0.1, 0.15) is 66.8 Å². The number of amides is 3. The molecule has 1 heterocycles. The van der Waals surface area contributed by atoms with Gasteiger partial charge in [-0.2, -0.15) is 0 Å². The van der Waals surface area contributed by atoms with Crippen LogP contribution in [0.4, 0.5) is 0 Å². The highest BCUT2D eigenvalue weighted by molar-refractivity contribution is 5.96. The summed E-state index contributed by atoms with van der Waals surface area (Å²) in [6.07, 6.45) is 6.30. The number of furan rings is 1. The quantitative estimate of drug-likeness (QED) is 0.502. The molecule has 2 aromatic rings. The van der Waals surface area contributed by atoms with Crippen LogP contribution in [0.3, 0.4) is 0 Å². The van der Waals surface area contributed by atoms with Gasteiger partial charge in [-0.05, 0) is 49.9 Å². The molecule has 1 aliphatic rings. The Hall–Kier alpha value is -3.62. The Balaban J connectivity index is 1.88. The lowest BCUT2D eigenvalue weighted by molar-refractivity contribution is -0.152. The van der Waals surface area contributed by atoms with Crippen molar-refractivity contribution in [2.24, 2.45) is 0 Å². The van der Waals surface area contributed by atoms with Gasteiger partial charge in [-0.25, -0.2) is 0 Å². The first kappa shape index (κ1) is 26.0. The van der Waals surface area contributed by atoms with Crippen molar-refractivity contribution in [2.45, 2.75) is 58.0 Å². The van der Waals surface area contributed by atoms with Gasteiger partial charge in [0.1, 0.15) is 12.6 Å². The van der Waals surface area contributed by atoms with Crippen molar-refractivity contribution in [3.8, 4) is 0 Å². The van der Waals surface area contributed by atoms with Crippen LogP contribution in [0, 0.1) is 6.92 Å². The summed E-state index contributed by atoms with van der Waals surface area (Å²) in [6, 6.07) is 9.24. The molecule has 0 spiro atoms. The molecule has 1 atom stereocenters. The van der Waals surface area contributed by atoms with E-state index in [-0.39, 0.29) is 24.3 Å². The second-order valence-corrected chi connectivity index (χ2v) is 8.59. The molecule has 9 heteroatoms. The van der Waals surface area contributed by atoms with E-state index in [1.54, 1.807) is 25.1 Å². The molecular weight excluding hydrogens is 450 g/mol. The lowest BCUT2D eigenvalue weighted by atomic mass is 9.94. The molecule has 0 aliphatic heterocycles. The molecule has 3 amide bonds. The Morgan fingerprint density at radius 2 is 1.83 bits per heavy atom. The lowest BCUT2D eigenvalue weighted by Crippen LogP contribution is -2.51. The zero-order valence-electron chi connectivity index (χ0n) is 20.2. The number of carbonyl (C=O) groups is 4. The molecule has 1 aromatic heterocycles. The van der Waals surface area contributed by atoms with E-state index in [1.807, 2.05) is 19.1 Å². The first-order valence-electron chi connectivity index (χ1n) is 12.0. The summed E-state index contributed by atoms with van der Waals surface area (Å²) >= 11 is 0. The van der Waals surface area contributed by atoms with Crippen molar-refractivity contribution in [1.82, 2.24) is 15.5 Å². The maximum Gasteiger partial charge on any atom is 0.325 e.